The van der Waals surface area contributed by atoms with Crippen molar-refractivity contribution in [3.63, 3.8) is 0 Å². The number of thiocarbonyl (C=S) groups is 1. The van der Waals surface area contributed by atoms with E-state index in [2.05, 4.69) is 17.6 Å². The SMILES string of the molecule is CCCNC(=S)NCCC(O)c1ccccc1N. The highest BCUT2D eigenvalue weighted by Gasteiger charge is 2.09. The number of hydrogen-bond donors (Lipinski definition) is 4. The number of hydrogen-bond acceptors (Lipinski definition) is 3. The quantitative estimate of drug-likeness (QED) is 0.465. The van der Waals surface area contributed by atoms with E-state index in [-0.39, 0.29) is 0 Å². The van der Waals surface area contributed by atoms with Gasteiger partial charge in [0.1, 0.15) is 0 Å². The maximum atomic E-state index is 10.0. The Kier molecular flexibility index (Phi) is 6.46. The van der Waals surface area contributed by atoms with Gasteiger partial charge in [0.15, 0.2) is 5.11 Å². The Balaban J connectivity index is 2.31. The van der Waals surface area contributed by atoms with Crippen LogP contribution in [0, 0.1) is 0 Å². The zero-order chi connectivity index (χ0) is 13.4. The zero-order valence-electron chi connectivity index (χ0n) is 10.6. The lowest BCUT2D eigenvalue weighted by molar-refractivity contribution is 0.169. The van der Waals surface area contributed by atoms with Crippen LogP contribution < -0.4 is 16.4 Å². The van der Waals surface area contributed by atoms with Gasteiger partial charge in [-0.1, -0.05) is 25.1 Å². The predicted octanol–water partition coefficient (Wildman–Crippen LogP) is 1.57. The van der Waals surface area contributed by atoms with E-state index in [1.807, 2.05) is 18.2 Å². The van der Waals surface area contributed by atoms with E-state index in [4.69, 9.17) is 18.0 Å². The first-order valence-electron chi connectivity index (χ1n) is 6.19. The van der Waals surface area contributed by atoms with Gasteiger partial charge in [-0.05, 0) is 31.1 Å². The largest absolute Gasteiger partial charge is 0.398 e. The second-order valence-electron chi connectivity index (χ2n) is 4.12. The van der Waals surface area contributed by atoms with Gasteiger partial charge < -0.3 is 21.5 Å². The maximum absolute atomic E-state index is 10.0. The summed E-state index contributed by atoms with van der Waals surface area (Å²) in [6.07, 6.45) is 1.04. The van der Waals surface area contributed by atoms with Gasteiger partial charge >= 0.3 is 0 Å². The van der Waals surface area contributed by atoms with Crippen LogP contribution in [0.2, 0.25) is 0 Å². The summed E-state index contributed by atoms with van der Waals surface area (Å²) in [4.78, 5) is 0. The topological polar surface area (TPSA) is 70.3 Å². The van der Waals surface area contributed by atoms with Gasteiger partial charge in [0.2, 0.25) is 0 Å². The van der Waals surface area contributed by atoms with E-state index in [0.29, 0.717) is 23.8 Å². The second-order valence-corrected chi connectivity index (χ2v) is 4.52. The first-order valence-corrected chi connectivity index (χ1v) is 6.60. The standard InChI is InChI=1S/C13H21N3OS/c1-2-8-15-13(18)16-9-7-12(17)10-5-3-4-6-11(10)14/h3-6,12,17H,2,7-9,14H2,1H3,(H2,15,16,18). The van der Waals surface area contributed by atoms with Crippen molar-refractivity contribution < 1.29 is 5.11 Å². The van der Waals surface area contributed by atoms with Crippen molar-refractivity contribution >= 4 is 23.0 Å². The smallest absolute Gasteiger partial charge is 0.166 e. The number of nitrogens with two attached hydrogens (primary N) is 1. The molecule has 0 radical (unpaired) electrons. The molecule has 0 aliphatic heterocycles. The number of rotatable bonds is 6. The Labute approximate surface area is 114 Å². The molecule has 0 spiro atoms. The van der Waals surface area contributed by atoms with Crippen LogP contribution in [0.1, 0.15) is 31.4 Å². The summed E-state index contributed by atoms with van der Waals surface area (Å²) in [5.41, 5.74) is 7.19. The highest BCUT2D eigenvalue weighted by Crippen LogP contribution is 2.21. The van der Waals surface area contributed by atoms with Crippen LogP contribution in [-0.2, 0) is 0 Å². The molecule has 0 saturated carbocycles. The van der Waals surface area contributed by atoms with Crippen molar-refractivity contribution in [1.82, 2.24) is 10.6 Å². The van der Waals surface area contributed by atoms with Crippen LogP contribution in [0.4, 0.5) is 5.69 Å². The number of benzene rings is 1. The third-order valence-electron chi connectivity index (χ3n) is 2.59. The molecule has 1 unspecified atom stereocenters. The highest BCUT2D eigenvalue weighted by molar-refractivity contribution is 7.80. The van der Waals surface area contributed by atoms with Crippen molar-refractivity contribution in [2.75, 3.05) is 18.8 Å². The lowest BCUT2D eigenvalue weighted by Crippen LogP contribution is -2.36. The number of para-hydroxylation sites is 1. The number of nitrogens with one attached hydrogen (secondary N) is 2. The predicted molar refractivity (Wildman–Crippen MR) is 79.3 cm³/mol. The Hall–Kier alpha value is -1.33. The van der Waals surface area contributed by atoms with Crippen molar-refractivity contribution in [1.29, 1.82) is 0 Å². The van der Waals surface area contributed by atoms with Gasteiger partial charge in [-0.25, -0.2) is 0 Å². The van der Waals surface area contributed by atoms with E-state index in [1.54, 1.807) is 6.07 Å². The third-order valence-corrected chi connectivity index (χ3v) is 2.88. The number of nitrogen functional groups attached to an aromatic ring is 1. The summed E-state index contributed by atoms with van der Waals surface area (Å²) in [5.74, 6) is 0. The fraction of sp³-hybridized carbons (Fsp3) is 0.462. The minimum Gasteiger partial charge on any atom is -0.398 e. The summed E-state index contributed by atoms with van der Waals surface area (Å²) in [5, 5.41) is 16.8. The van der Waals surface area contributed by atoms with Gasteiger partial charge in [-0.3, -0.25) is 0 Å². The van der Waals surface area contributed by atoms with Crippen molar-refractivity contribution in [2.45, 2.75) is 25.9 Å². The normalized spacial score (nSPS) is 11.9. The van der Waals surface area contributed by atoms with Gasteiger partial charge in [0.05, 0.1) is 6.10 Å². The molecule has 0 fully saturated rings. The Bertz CT molecular complexity index is 384. The summed E-state index contributed by atoms with van der Waals surface area (Å²) < 4.78 is 0. The van der Waals surface area contributed by atoms with E-state index < -0.39 is 6.10 Å². The first-order chi connectivity index (χ1) is 8.65. The minimum absolute atomic E-state index is 0.562. The molecular formula is C13H21N3OS. The van der Waals surface area contributed by atoms with E-state index in [0.717, 1.165) is 18.5 Å². The fourth-order valence-corrected chi connectivity index (χ4v) is 1.80. The van der Waals surface area contributed by atoms with Crippen LogP contribution in [0.15, 0.2) is 24.3 Å². The lowest BCUT2D eigenvalue weighted by Gasteiger charge is -2.15. The lowest BCUT2D eigenvalue weighted by atomic mass is 10.0. The molecule has 1 aromatic carbocycles. The Morgan fingerprint density at radius 3 is 2.67 bits per heavy atom. The molecule has 0 aliphatic carbocycles. The number of aliphatic hydroxyl groups is 1. The first kappa shape index (κ1) is 14.7. The Morgan fingerprint density at radius 2 is 2.00 bits per heavy atom. The molecule has 1 atom stereocenters. The van der Waals surface area contributed by atoms with E-state index in [1.165, 1.54) is 0 Å². The average molecular weight is 267 g/mol. The van der Waals surface area contributed by atoms with Crippen LogP contribution in [0.3, 0.4) is 0 Å². The van der Waals surface area contributed by atoms with Crippen LogP contribution in [0.25, 0.3) is 0 Å². The molecule has 4 nitrogen and oxygen atoms in total. The van der Waals surface area contributed by atoms with Gasteiger partial charge in [-0.15, -0.1) is 0 Å². The van der Waals surface area contributed by atoms with Crippen molar-refractivity contribution in [3.8, 4) is 0 Å². The molecule has 18 heavy (non-hydrogen) atoms. The van der Waals surface area contributed by atoms with Gasteiger partial charge in [-0.2, -0.15) is 0 Å². The Morgan fingerprint density at radius 1 is 1.33 bits per heavy atom. The molecule has 5 N–H and O–H groups in total. The molecule has 0 aromatic heterocycles. The van der Waals surface area contributed by atoms with Crippen molar-refractivity contribution in [3.05, 3.63) is 29.8 Å². The zero-order valence-corrected chi connectivity index (χ0v) is 11.5. The van der Waals surface area contributed by atoms with E-state index >= 15 is 0 Å². The van der Waals surface area contributed by atoms with Crippen LogP contribution in [-0.4, -0.2) is 23.3 Å². The average Bonchev–Trinajstić information content (AvgIpc) is 2.36. The molecule has 100 valence electrons. The van der Waals surface area contributed by atoms with Gasteiger partial charge in [0, 0.05) is 24.3 Å². The molecule has 5 heteroatoms. The van der Waals surface area contributed by atoms with Crippen molar-refractivity contribution in [2.24, 2.45) is 0 Å². The number of aliphatic hydroxyl groups excluding tert-OH is 1. The summed E-state index contributed by atoms with van der Waals surface area (Å²) in [7, 11) is 0. The second kappa shape index (κ2) is 7.89. The molecule has 0 heterocycles. The summed E-state index contributed by atoms with van der Waals surface area (Å²) in [6.45, 7) is 3.56. The highest BCUT2D eigenvalue weighted by atomic mass is 32.1. The number of anilines is 1. The fourth-order valence-electron chi connectivity index (χ4n) is 1.59. The monoisotopic (exact) mass is 267 g/mol. The summed E-state index contributed by atoms with van der Waals surface area (Å²) >= 11 is 5.09. The minimum atomic E-state index is -0.562. The van der Waals surface area contributed by atoms with Crippen LogP contribution >= 0.6 is 12.2 Å². The molecule has 0 amide bonds. The molecule has 0 saturated heterocycles. The van der Waals surface area contributed by atoms with Gasteiger partial charge in [0.25, 0.3) is 0 Å². The summed E-state index contributed by atoms with van der Waals surface area (Å²) in [6, 6.07) is 7.36. The maximum Gasteiger partial charge on any atom is 0.166 e. The molecule has 0 aliphatic rings. The van der Waals surface area contributed by atoms with Crippen LogP contribution in [0.5, 0.6) is 0 Å². The third kappa shape index (κ3) is 4.89. The molecule has 0 bridgehead atoms. The molecule has 1 aromatic rings. The molecule has 1 rings (SSSR count). The van der Waals surface area contributed by atoms with E-state index in [9.17, 15) is 5.11 Å². The molecular weight excluding hydrogens is 246 g/mol.